The Bertz CT molecular complexity index is 921. The standard InChI is InChI=1S/C19H15ClN2O2/c20-15-5-6-18-17(10-15)22(7-8-24-18)19(23)9-14-12-21-11-13-3-1-2-4-16(13)14/h1-6,10-12H,7-9H2. The van der Waals surface area contributed by atoms with Crippen LogP contribution in [0.2, 0.25) is 5.02 Å². The highest BCUT2D eigenvalue weighted by Gasteiger charge is 2.24. The SMILES string of the molecule is O=C(Cc1cncc2ccccc12)N1CCOc2ccc(Cl)cc21. The summed E-state index contributed by atoms with van der Waals surface area (Å²) in [5.74, 6) is 0.704. The van der Waals surface area contributed by atoms with Crippen LogP contribution in [0.4, 0.5) is 5.69 Å². The molecule has 0 saturated heterocycles. The lowest BCUT2D eigenvalue weighted by molar-refractivity contribution is -0.118. The molecular formula is C19H15ClN2O2. The number of hydrogen-bond acceptors (Lipinski definition) is 3. The van der Waals surface area contributed by atoms with Crippen LogP contribution in [0.5, 0.6) is 5.75 Å². The number of ether oxygens (including phenoxy) is 1. The highest BCUT2D eigenvalue weighted by atomic mass is 35.5. The minimum atomic E-state index is 0.0139. The molecule has 0 spiro atoms. The molecule has 3 aromatic rings. The number of nitrogens with zero attached hydrogens (tertiary/aromatic N) is 2. The maximum atomic E-state index is 12.9. The van der Waals surface area contributed by atoms with Crippen LogP contribution in [0.1, 0.15) is 5.56 Å². The molecule has 1 amide bonds. The number of carbonyl (C=O) groups excluding carboxylic acids is 1. The Morgan fingerprint density at radius 3 is 3.00 bits per heavy atom. The molecule has 0 fully saturated rings. The van der Waals surface area contributed by atoms with Crippen LogP contribution in [-0.4, -0.2) is 24.0 Å². The van der Waals surface area contributed by atoms with Crippen LogP contribution in [0.25, 0.3) is 10.8 Å². The maximum absolute atomic E-state index is 12.9. The average Bonchev–Trinajstić information content (AvgIpc) is 2.61. The van der Waals surface area contributed by atoms with Crippen molar-refractivity contribution in [2.24, 2.45) is 0 Å². The first kappa shape index (κ1) is 15.0. The van der Waals surface area contributed by atoms with Crippen molar-refractivity contribution in [3.05, 3.63) is 65.4 Å². The van der Waals surface area contributed by atoms with Gasteiger partial charge in [0.25, 0.3) is 0 Å². The van der Waals surface area contributed by atoms with Gasteiger partial charge in [-0.3, -0.25) is 9.78 Å². The lowest BCUT2D eigenvalue weighted by Crippen LogP contribution is -2.38. The van der Waals surface area contributed by atoms with Gasteiger partial charge in [0.15, 0.2) is 0 Å². The summed E-state index contributed by atoms with van der Waals surface area (Å²) in [5.41, 5.74) is 1.65. The number of rotatable bonds is 2. The summed E-state index contributed by atoms with van der Waals surface area (Å²) in [5, 5.41) is 2.68. The minimum Gasteiger partial charge on any atom is -0.490 e. The number of carbonyl (C=O) groups is 1. The van der Waals surface area contributed by atoms with E-state index >= 15 is 0 Å². The third-order valence-corrected chi connectivity index (χ3v) is 4.41. The van der Waals surface area contributed by atoms with Crippen LogP contribution in [0.3, 0.4) is 0 Å². The average molecular weight is 339 g/mol. The maximum Gasteiger partial charge on any atom is 0.231 e. The molecule has 4 nitrogen and oxygen atoms in total. The Morgan fingerprint density at radius 1 is 1.21 bits per heavy atom. The van der Waals surface area contributed by atoms with Crippen LogP contribution >= 0.6 is 11.6 Å². The monoisotopic (exact) mass is 338 g/mol. The number of anilines is 1. The van der Waals surface area contributed by atoms with Crippen molar-refractivity contribution in [1.29, 1.82) is 0 Å². The fraction of sp³-hybridized carbons (Fsp3) is 0.158. The molecule has 0 bridgehead atoms. The normalized spacial score (nSPS) is 13.5. The molecule has 24 heavy (non-hydrogen) atoms. The van der Waals surface area contributed by atoms with E-state index in [1.165, 1.54) is 0 Å². The summed E-state index contributed by atoms with van der Waals surface area (Å²) < 4.78 is 5.61. The molecule has 0 N–H and O–H groups in total. The van der Waals surface area contributed by atoms with E-state index in [1.54, 1.807) is 29.3 Å². The Balaban J connectivity index is 1.67. The first-order chi connectivity index (χ1) is 11.7. The fourth-order valence-electron chi connectivity index (χ4n) is 3.03. The zero-order chi connectivity index (χ0) is 16.5. The van der Waals surface area contributed by atoms with Crippen molar-refractivity contribution >= 4 is 34.0 Å². The zero-order valence-electron chi connectivity index (χ0n) is 12.9. The number of hydrogen-bond donors (Lipinski definition) is 0. The van der Waals surface area contributed by atoms with Crippen LogP contribution < -0.4 is 9.64 Å². The molecule has 2 aromatic carbocycles. The Kier molecular flexibility index (Phi) is 3.82. The minimum absolute atomic E-state index is 0.0139. The summed E-state index contributed by atoms with van der Waals surface area (Å²) in [4.78, 5) is 18.9. The molecule has 1 aliphatic heterocycles. The molecule has 1 aliphatic rings. The second-order valence-corrected chi connectivity index (χ2v) is 6.14. The van der Waals surface area contributed by atoms with Gasteiger partial charge in [-0.25, -0.2) is 0 Å². The molecule has 0 aliphatic carbocycles. The van der Waals surface area contributed by atoms with Crippen LogP contribution in [0, 0.1) is 0 Å². The molecule has 0 atom stereocenters. The lowest BCUT2D eigenvalue weighted by atomic mass is 10.0. The van der Waals surface area contributed by atoms with Crippen molar-refractivity contribution in [1.82, 2.24) is 4.98 Å². The number of halogens is 1. The third-order valence-electron chi connectivity index (χ3n) is 4.18. The van der Waals surface area contributed by atoms with Gasteiger partial charge in [-0.05, 0) is 29.1 Å². The number of aromatic nitrogens is 1. The molecule has 2 heterocycles. The summed E-state index contributed by atoms with van der Waals surface area (Å²) in [6.45, 7) is 0.999. The van der Waals surface area contributed by atoms with Gasteiger partial charge in [0.05, 0.1) is 18.7 Å². The van der Waals surface area contributed by atoms with Gasteiger partial charge in [-0.2, -0.15) is 0 Å². The van der Waals surface area contributed by atoms with E-state index in [9.17, 15) is 4.79 Å². The quantitative estimate of drug-likeness (QED) is 0.712. The van der Waals surface area contributed by atoms with E-state index in [2.05, 4.69) is 4.98 Å². The smallest absolute Gasteiger partial charge is 0.231 e. The summed E-state index contributed by atoms with van der Waals surface area (Å²) in [6, 6.07) is 13.3. The Labute approximate surface area is 144 Å². The van der Waals surface area contributed by atoms with Crippen molar-refractivity contribution < 1.29 is 9.53 Å². The molecule has 1 aromatic heterocycles. The van der Waals surface area contributed by atoms with Gasteiger partial charge in [-0.15, -0.1) is 0 Å². The van der Waals surface area contributed by atoms with Gasteiger partial charge in [-0.1, -0.05) is 35.9 Å². The fourth-order valence-corrected chi connectivity index (χ4v) is 3.19. The number of amides is 1. The van der Waals surface area contributed by atoms with Gasteiger partial charge in [0.2, 0.25) is 5.91 Å². The van der Waals surface area contributed by atoms with E-state index in [-0.39, 0.29) is 5.91 Å². The summed E-state index contributed by atoms with van der Waals surface area (Å²) >= 11 is 6.08. The van der Waals surface area contributed by atoms with E-state index < -0.39 is 0 Å². The highest BCUT2D eigenvalue weighted by molar-refractivity contribution is 6.31. The van der Waals surface area contributed by atoms with Crippen molar-refractivity contribution in [2.45, 2.75) is 6.42 Å². The van der Waals surface area contributed by atoms with Gasteiger partial charge in [0, 0.05) is 22.8 Å². The molecule has 4 rings (SSSR count). The van der Waals surface area contributed by atoms with Crippen molar-refractivity contribution in [3.63, 3.8) is 0 Å². The first-order valence-electron chi connectivity index (χ1n) is 7.77. The van der Waals surface area contributed by atoms with E-state index in [4.69, 9.17) is 16.3 Å². The predicted molar refractivity (Wildman–Crippen MR) is 94.7 cm³/mol. The second-order valence-electron chi connectivity index (χ2n) is 5.70. The number of fused-ring (bicyclic) bond motifs is 2. The van der Waals surface area contributed by atoms with Gasteiger partial charge < -0.3 is 9.64 Å². The predicted octanol–water partition coefficient (Wildman–Crippen LogP) is 3.86. The first-order valence-corrected chi connectivity index (χ1v) is 8.14. The number of benzene rings is 2. The molecule has 0 saturated carbocycles. The molecule has 0 radical (unpaired) electrons. The van der Waals surface area contributed by atoms with Gasteiger partial charge in [0.1, 0.15) is 12.4 Å². The van der Waals surface area contributed by atoms with E-state index in [0.29, 0.717) is 30.3 Å². The molecular weight excluding hydrogens is 324 g/mol. The van der Waals surface area contributed by atoms with E-state index in [0.717, 1.165) is 22.0 Å². The van der Waals surface area contributed by atoms with E-state index in [1.807, 2.05) is 30.5 Å². The van der Waals surface area contributed by atoms with Crippen molar-refractivity contribution in [2.75, 3.05) is 18.1 Å². The molecule has 0 unspecified atom stereocenters. The summed E-state index contributed by atoms with van der Waals surface area (Å²) in [7, 11) is 0. The molecule has 5 heteroatoms. The van der Waals surface area contributed by atoms with Gasteiger partial charge >= 0.3 is 0 Å². The number of pyridine rings is 1. The topological polar surface area (TPSA) is 42.4 Å². The summed E-state index contributed by atoms with van der Waals surface area (Å²) in [6.07, 6.45) is 3.87. The lowest BCUT2D eigenvalue weighted by Gasteiger charge is -2.29. The Hall–Kier alpha value is -2.59. The Morgan fingerprint density at radius 2 is 2.08 bits per heavy atom. The van der Waals surface area contributed by atoms with Crippen LogP contribution in [0.15, 0.2) is 54.9 Å². The highest BCUT2D eigenvalue weighted by Crippen LogP contribution is 2.34. The zero-order valence-corrected chi connectivity index (χ0v) is 13.7. The largest absolute Gasteiger partial charge is 0.490 e. The second kappa shape index (κ2) is 6.13. The molecule has 120 valence electrons. The van der Waals surface area contributed by atoms with Crippen LogP contribution in [-0.2, 0) is 11.2 Å². The third kappa shape index (κ3) is 2.69. The van der Waals surface area contributed by atoms with Crippen molar-refractivity contribution in [3.8, 4) is 5.75 Å².